The third-order valence-corrected chi connectivity index (χ3v) is 15.9. The number of carbonyl (C=O) groups excluding carboxylic acids is 4. The van der Waals surface area contributed by atoms with Crippen LogP contribution in [0.4, 0.5) is 0 Å². The van der Waals surface area contributed by atoms with Gasteiger partial charge in [-0.2, -0.15) is 0 Å². The Morgan fingerprint density at radius 1 is 0.914 bits per heavy atom. The van der Waals surface area contributed by atoms with Crippen molar-refractivity contribution in [3.8, 4) is 0 Å². The van der Waals surface area contributed by atoms with E-state index in [1.54, 1.807) is 46.2 Å². The standard InChI is InChI=1S/C58H93NO11/c1-16-58(11,12)44(10)55(63)59-29-21-20-24-47(59)57(65)70-51(41(7)32-45-26-28-48(60)52(33-45)67-14)35-49(61)40(6)31-42(8)53(62)54(68-15)43(9)39(5)30-36(2)22-18-17-19-23-37(3)50(66-13)34-46-27-25-38(4)56(64)69-46/h17-19,22-23,31,35-36,38-41,44-48,50,52-54,60,62H,9,16,20-21,24-30,32-34H2,1-8,10-15H3/b19-17+,22-18+,37-23+,42-31+,51-35?. The first-order valence-electron chi connectivity index (χ1n) is 26.3. The molecule has 2 saturated heterocycles. The van der Waals surface area contributed by atoms with E-state index in [1.807, 2.05) is 52.0 Å². The maximum atomic E-state index is 14.2. The van der Waals surface area contributed by atoms with Gasteiger partial charge in [0.1, 0.15) is 30.1 Å². The Labute approximate surface area is 422 Å². The van der Waals surface area contributed by atoms with Crippen LogP contribution in [0.25, 0.3) is 0 Å². The summed E-state index contributed by atoms with van der Waals surface area (Å²) in [6, 6.07) is -0.754. The molecule has 1 saturated carbocycles. The summed E-state index contributed by atoms with van der Waals surface area (Å²) < 4.78 is 29.0. The van der Waals surface area contributed by atoms with Crippen LogP contribution in [0.5, 0.6) is 0 Å². The van der Waals surface area contributed by atoms with Crippen LogP contribution >= 0.6 is 0 Å². The van der Waals surface area contributed by atoms with Gasteiger partial charge in [0.2, 0.25) is 5.91 Å². The molecule has 0 aromatic rings. The Kier molecular flexibility index (Phi) is 25.2. The van der Waals surface area contributed by atoms with Crippen molar-refractivity contribution in [1.29, 1.82) is 0 Å². The molecule has 396 valence electrons. The minimum Gasteiger partial charge on any atom is -0.462 e. The zero-order valence-electron chi connectivity index (χ0n) is 45.5. The van der Waals surface area contributed by atoms with E-state index in [2.05, 4.69) is 47.3 Å². The third kappa shape index (κ3) is 17.8. The number of carbonyl (C=O) groups is 4. The summed E-state index contributed by atoms with van der Waals surface area (Å²) in [5, 5.41) is 22.1. The molecule has 0 aromatic heterocycles. The number of cyclic esters (lactones) is 1. The van der Waals surface area contributed by atoms with E-state index in [0.717, 1.165) is 56.1 Å². The van der Waals surface area contributed by atoms with Crippen LogP contribution in [0, 0.1) is 46.8 Å². The van der Waals surface area contributed by atoms with Gasteiger partial charge in [-0.1, -0.05) is 112 Å². The number of piperidine rings is 1. The Hall–Kier alpha value is -3.68. The van der Waals surface area contributed by atoms with Gasteiger partial charge in [0, 0.05) is 58.1 Å². The number of nitrogens with zero attached hydrogens (tertiary/aromatic N) is 1. The highest BCUT2D eigenvalue weighted by atomic mass is 16.6. The number of aliphatic hydroxyl groups excluding tert-OH is 2. The normalized spacial score (nSPS) is 26.8. The lowest BCUT2D eigenvalue weighted by atomic mass is 9.76. The molecule has 1 aliphatic carbocycles. The molecule has 70 heavy (non-hydrogen) atoms. The number of ketones is 1. The van der Waals surface area contributed by atoms with E-state index in [0.29, 0.717) is 44.2 Å². The molecule has 2 heterocycles. The van der Waals surface area contributed by atoms with Gasteiger partial charge in [-0.05, 0) is 118 Å². The number of methoxy groups -OCH3 is 3. The van der Waals surface area contributed by atoms with E-state index in [-0.39, 0.29) is 82.7 Å². The minimum absolute atomic E-state index is 0.00144. The first kappa shape index (κ1) is 60.6. The minimum atomic E-state index is -1.06. The molecule has 0 bridgehead atoms. The fourth-order valence-electron chi connectivity index (χ4n) is 10.1. The Balaban J connectivity index is 1.72. The summed E-state index contributed by atoms with van der Waals surface area (Å²) >= 11 is 0. The summed E-state index contributed by atoms with van der Waals surface area (Å²) in [4.78, 5) is 56.0. The van der Waals surface area contributed by atoms with Crippen molar-refractivity contribution in [2.24, 2.45) is 46.8 Å². The molecule has 0 aromatic carbocycles. The fraction of sp³-hybridized carbons (Fsp3) is 0.724. The number of aliphatic hydroxyl groups is 2. The monoisotopic (exact) mass is 980 g/mol. The van der Waals surface area contributed by atoms with Crippen LogP contribution in [0.2, 0.25) is 0 Å². The Bertz CT molecular complexity index is 1880. The Morgan fingerprint density at radius 3 is 2.24 bits per heavy atom. The number of amides is 1. The summed E-state index contributed by atoms with van der Waals surface area (Å²) in [7, 11) is 4.83. The molecule has 2 N–H and O–H groups in total. The molecule has 3 aliphatic rings. The van der Waals surface area contributed by atoms with Gasteiger partial charge in [0.05, 0.1) is 24.2 Å². The molecular weight excluding hydrogens is 887 g/mol. The highest BCUT2D eigenvalue weighted by Crippen LogP contribution is 2.36. The van der Waals surface area contributed by atoms with Gasteiger partial charge < -0.3 is 38.8 Å². The molecule has 12 nitrogen and oxygen atoms in total. The van der Waals surface area contributed by atoms with Crippen molar-refractivity contribution in [3.05, 3.63) is 71.6 Å². The topological polar surface area (TPSA) is 158 Å². The number of hydrogen-bond acceptors (Lipinski definition) is 11. The lowest BCUT2D eigenvalue weighted by Gasteiger charge is -2.39. The van der Waals surface area contributed by atoms with Crippen molar-refractivity contribution in [3.63, 3.8) is 0 Å². The average molecular weight is 980 g/mol. The van der Waals surface area contributed by atoms with E-state index in [9.17, 15) is 29.4 Å². The molecule has 14 unspecified atom stereocenters. The quantitative estimate of drug-likeness (QED) is 0.0279. The largest absolute Gasteiger partial charge is 0.462 e. The summed E-state index contributed by atoms with van der Waals surface area (Å²) in [6.45, 7) is 26.6. The maximum absolute atomic E-state index is 14.2. The van der Waals surface area contributed by atoms with Crippen molar-refractivity contribution in [1.82, 2.24) is 4.90 Å². The van der Waals surface area contributed by atoms with E-state index < -0.39 is 36.2 Å². The number of hydrogen-bond donors (Lipinski definition) is 2. The van der Waals surface area contributed by atoms with Gasteiger partial charge in [0.25, 0.3) is 0 Å². The lowest BCUT2D eigenvalue weighted by molar-refractivity contribution is -0.161. The maximum Gasteiger partial charge on any atom is 0.333 e. The van der Waals surface area contributed by atoms with Gasteiger partial charge in [-0.25, -0.2) is 4.79 Å². The summed E-state index contributed by atoms with van der Waals surface area (Å²) in [5.41, 5.74) is 2.11. The van der Waals surface area contributed by atoms with Gasteiger partial charge >= 0.3 is 11.9 Å². The Morgan fingerprint density at radius 2 is 1.61 bits per heavy atom. The van der Waals surface area contributed by atoms with E-state index >= 15 is 0 Å². The second-order valence-corrected chi connectivity index (χ2v) is 21.8. The molecule has 14 atom stereocenters. The van der Waals surface area contributed by atoms with E-state index in [1.165, 1.54) is 6.08 Å². The summed E-state index contributed by atoms with van der Waals surface area (Å²) in [6.07, 6.45) is 19.0. The van der Waals surface area contributed by atoms with Gasteiger partial charge in [-0.15, -0.1) is 0 Å². The first-order valence-corrected chi connectivity index (χ1v) is 26.3. The number of rotatable bonds is 26. The average Bonchev–Trinajstić information content (AvgIpc) is 3.33. The van der Waals surface area contributed by atoms with Crippen LogP contribution in [-0.4, -0.2) is 109 Å². The fourth-order valence-corrected chi connectivity index (χ4v) is 10.1. The van der Waals surface area contributed by atoms with E-state index in [4.69, 9.17) is 23.7 Å². The lowest BCUT2D eigenvalue weighted by Crippen LogP contribution is -2.52. The third-order valence-electron chi connectivity index (χ3n) is 15.9. The van der Waals surface area contributed by atoms with Crippen molar-refractivity contribution in [2.45, 2.75) is 196 Å². The van der Waals surface area contributed by atoms with Crippen LogP contribution < -0.4 is 0 Å². The van der Waals surface area contributed by atoms with Gasteiger partial charge in [-0.3, -0.25) is 14.4 Å². The number of likely N-dealkylation sites (tertiary alicyclic amines) is 1. The molecule has 3 fully saturated rings. The zero-order chi connectivity index (χ0) is 52.5. The molecule has 3 rings (SSSR count). The smallest absolute Gasteiger partial charge is 0.333 e. The first-order chi connectivity index (χ1) is 33.0. The molecule has 1 amide bonds. The SMILES string of the molecule is C=C(C(C)CC(C)/C=C/C=C/C=C(\C)C(CC1CCC(C)C(=O)O1)OC)C(OC)C(O)/C(C)=C/C(C)C(=O)C=C(OC(=O)C1CCCCN1C(=O)C(C)C(C)(C)CC)C(C)CC1CCC(O)C(OC)C1. The molecular formula is C58H93NO11. The van der Waals surface area contributed by atoms with Crippen LogP contribution in [-0.2, 0) is 42.9 Å². The second-order valence-electron chi connectivity index (χ2n) is 21.8. The molecule has 0 radical (unpaired) electrons. The van der Waals surface area contributed by atoms with Crippen LogP contribution in [0.3, 0.4) is 0 Å². The van der Waals surface area contributed by atoms with Crippen molar-refractivity contribution < 1.29 is 53.1 Å². The second kappa shape index (κ2) is 29.1. The number of ether oxygens (including phenoxy) is 5. The molecule has 12 heteroatoms. The number of allylic oxidation sites excluding steroid dienone is 8. The predicted molar refractivity (Wildman–Crippen MR) is 277 cm³/mol. The summed E-state index contributed by atoms with van der Waals surface area (Å²) in [5.74, 6) is -1.72. The highest BCUT2D eigenvalue weighted by molar-refractivity contribution is 5.94. The molecule has 0 spiro atoms. The molecule has 2 aliphatic heterocycles. The number of esters is 2. The van der Waals surface area contributed by atoms with Crippen LogP contribution in [0.1, 0.15) is 153 Å². The highest BCUT2D eigenvalue weighted by Gasteiger charge is 2.41. The van der Waals surface area contributed by atoms with Crippen molar-refractivity contribution in [2.75, 3.05) is 27.9 Å². The van der Waals surface area contributed by atoms with Crippen molar-refractivity contribution >= 4 is 23.6 Å². The predicted octanol–water partition coefficient (Wildman–Crippen LogP) is 10.6. The van der Waals surface area contributed by atoms with Gasteiger partial charge in [0.15, 0.2) is 5.78 Å². The zero-order valence-corrected chi connectivity index (χ0v) is 45.5. The van der Waals surface area contributed by atoms with Crippen LogP contribution in [0.15, 0.2) is 71.6 Å².